The first-order valence-electron chi connectivity index (χ1n) is 9.30. The highest BCUT2D eigenvalue weighted by Gasteiger charge is 2.23. The molecule has 1 saturated carbocycles. The summed E-state index contributed by atoms with van der Waals surface area (Å²) in [5.41, 5.74) is 2.36. The fourth-order valence-corrected chi connectivity index (χ4v) is 2.91. The maximum Gasteiger partial charge on any atom is 0.319 e. The first kappa shape index (κ1) is 18.7. The number of nitrogens with zero attached hydrogens (tertiary/aromatic N) is 2. The summed E-state index contributed by atoms with van der Waals surface area (Å²) >= 11 is 0. The molecule has 3 aromatic rings. The molecule has 3 N–H and O–H groups in total. The van der Waals surface area contributed by atoms with Crippen molar-refractivity contribution in [1.82, 2.24) is 15.1 Å². The molecule has 0 spiro atoms. The second kappa shape index (κ2) is 7.75. The molecule has 1 aliphatic carbocycles. The fourth-order valence-electron chi connectivity index (χ4n) is 2.91. The first-order valence-corrected chi connectivity index (χ1v) is 9.30. The normalized spacial score (nSPS) is 13.0. The van der Waals surface area contributed by atoms with Gasteiger partial charge in [0.15, 0.2) is 0 Å². The number of aromatic nitrogens is 2. The number of para-hydroxylation sites is 1. The van der Waals surface area contributed by atoms with E-state index in [1.165, 1.54) is 16.9 Å². The molecule has 3 amide bonds. The Balaban J connectivity index is 1.43. The number of hydrogen-bond donors (Lipinski definition) is 3. The van der Waals surface area contributed by atoms with Gasteiger partial charge in [-0.05, 0) is 56.2 Å². The third-order valence-electron chi connectivity index (χ3n) is 4.65. The van der Waals surface area contributed by atoms with Crippen molar-refractivity contribution >= 4 is 23.3 Å². The number of nitrogens with one attached hydrogen (secondary N) is 3. The summed E-state index contributed by atoms with van der Waals surface area (Å²) < 4.78 is 15.4. The van der Waals surface area contributed by atoms with Crippen molar-refractivity contribution in [1.29, 1.82) is 0 Å². The standard InChI is InChI=1S/C21H20FN5O2/c1-13-17(12-23-27(13)19-5-3-2-4-18(19)22)20(28)24-14-6-8-15(9-7-14)25-21(29)26-16-10-11-16/h2-9,12,16H,10-11H2,1H3,(H,24,28)(H2,25,26,29). The Morgan fingerprint density at radius 2 is 1.69 bits per heavy atom. The summed E-state index contributed by atoms with van der Waals surface area (Å²) in [6, 6.07) is 13.1. The van der Waals surface area contributed by atoms with Crippen LogP contribution >= 0.6 is 0 Å². The first-order chi connectivity index (χ1) is 14.0. The van der Waals surface area contributed by atoms with Gasteiger partial charge in [0.05, 0.1) is 17.5 Å². The molecular weight excluding hydrogens is 373 g/mol. The van der Waals surface area contributed by atoms with Gasteiger partial charge in [-0.3, -0.25) is 4.79 Å². The number of urea groups is 1. The third-order valence-corrected chi connectivity index (χ3v) is 4.65. The Kier molecular flexibility index (Phi) is 4.99. The molecule has 8 heteroatoms. The van der Waals surface area contributed by atoms with E-state index in [0.29, 0.717) is 22.6 Å². The van der Waals surface area contributed by atoms with Crippen molar-refractivity contribution in [2.45, 2.75) is 25.8 Å². The smallest absolute Gasteiger partial charge is 0.319 e. The van der Waals surface area contributed by atoms with Crippen LogP contribution < -0.4 is 16.0 Å². The highest BCUT2D eigenvalue weighted by molar-refractivity contribution is 6.05. The van der Waals surface area contributed by atoms with Crippen LogP contribution in [0.5, 0.6) is 0 Å². The number of hydrogen-bond acceptors (Lipinski definition) is 3. The van der Waals surface area contributed by atoms with Crippen molar-refractivity contribution in [3.8, 4) is 5.69 Å². The van der Waals surface area contributed by atoms with Gasteiger partial charge in [0.2, 0.25) is 0 Å². The Morgan fingerprint density at radius 3 is 2.34 bits per heavy atom. The maximum absolute atomic E-state index is 14.0. The topological polar surface area (TPSA) is 88.1 Å². The second-order valence-corrected chi connectivity index (χ2v) is 6.91. The SMILES string of the molecule is Cc1c(C(=O)Nc2ccc(NC(=O)NC3CC3)cc2)cnn1-c1ccccc1F. The highest BCUT2D eigenvalue weighted by Crippen LogP contribution is 2.20. The van der Waals surface area contributed by atoms with Gasteiger partial charge in [-0.25, -0.2) is 13.9 Å². The van der Waals surface area contributed by atoms with Gasteiger partial charge < -0.3 is 16.0 Å². The zero-order valence-electron chi connectivity index (χ0n) is 15.8. The quantitative estimate of drug-likeness (QED) is 0.615. The van der Waals surface area contributed by atoms with Crippen LogP contribution in [0.1, 0.15) is 28.9 Å². The molecule has 0 unspecified atom stereocenters. The molecule has 0 atom stereocenters. The van der Waals surface area contributed by atoms with Crippen LogP contribution in [0, 0.1) is 12.7 Å². The molecule has 1 aliphatic rings. The Bertz CT molecular complexity index is 1060. The van der Waals surface area contributed by atoms with Crippen molar-refractivity contribution in [3.05, 3.63) is 71.8 Å². The Morgan fingerprint density at radius 1 is 1.03 bits per heavy atom. The lowest BCUT2D eigenvalue weighted by Crippen LogP contribution is -2.30. The number of benzene rings is 2. The largest absolute Gasteiger partial charge is 0.335 e. The van der Waals surface area contributed by atoms with E-state index in [1.807, 2.05) is 0 Å². The average molecular weight is 393 g/mol. The van der Waals surface area contributed by atoms with Gasteiger partial charge in [-0.1, -0.05) is 12.1 Å². The monoisotopic (exact) mass is 393 g/mol. The maximum atomic E-state index is 14.0. The fraction of sp³-hybridized carbons (Fsp3) is 0.190. The average Bonchev–Trinajstić information content (AvgIpc) is 3.43. The lowest BCUT2D eigenvalue weighted by atomic mass is 10.2. The molecule has 4 rings (SSSR count). The molecule has 7 nitrogen and oxygen atoms in total. The molecule has 1 fully saturated rings. The molecule has 0 aliphatic heterocycles. The van der Waals surface area contributed by atoms with Crippen molar-refractivity contribution < 1.29 is 14.0 Å². The Labute approximate surface area is 166 Å². The predicted octanol–water partition coefficient (Wildman–Crippen LogP) is 3.86. The lowest BCUT2D eigenvalue weighted by molar-refractivity contribution is 0.102. The number of anilines is 2. The van der Waals surface area contributed by atoms with E-state index < -0.39 is 5.82 Å². The summed E-state index contributed by atoms with van der Waals surface area (Å²) in [6.45, 7) is 1.71. The van der Waals surface area contributed by atoms with E-state index in [-0.39, 0.29) is 23.7 Å². The number of rotatable bonds is 5. The molecule has 148 valence electrons. The van der Waals surface area contributed by atoms with Crippen LogP contribution in [0.4, 0.5) is 20.6 Å². The van der Waals surface area contributed by atoms with Gasteiger partial charge in [-0.2, -0.15) is 5.10 Å². The van der Waals surface area contributed by atoms with Crippen LogP contribution in [-0.4, -0.2) is 27.8 Å². The number of halogens is 1. The molecule has 0 saturated heterocycles. The number of carbonyl (C=O) groups is 2. The summed E-state index contributed by atoms with van der Waals surface area (Å²) in [5.74, 6) is -0.767. The van der Waals surface area contributed by atoms with Crippen LogP contribution in [-0.2, 0) is 0 Å². The van der Waals surface area contributed by atoms with Gasteiger partial charge in [-0.15, -0.1) is 0 Å². The minimum atomic E-state index is -0.417. The van der Waals surface area contributed by atoms with E-state index in [2.05, 4.69) is 21.0 Å². The minimum absolute atomic E-state index is 0.236. The van der Waals surface area contributed by atoms with E-state index >= 15 is 0 Å². The molecule has 2 aromatic carbocycles. The zero-order valence-corrected chi connectivity index (χ0v) is 15.8. The van der Waals surface area contributed by atoms with Crippen LogP contribution in [0.15, 0.2) is 54.7 Å². The van der Waals surface area contributed by atoms with E-state index in [4.69, 9.17) is 0 Å². The molecule has 29 heavy (non-hydrogen) atoms. The van der Waals surface area contributed by atoms with Gasteiger partial charge in [0.1, 0.15) is 11.5 Å². The molecule has 1 aromatic heterocycles. The van der Waals surface area contributed by atoms with Crippen molar-refractivity contribution in [3.63, 3.8) is 0 Å². The van der Waals surface area contributed by atoms with Crippen LogP contribution in [0.3, 0.4) is 0 Å². The van der Waals surface area contributed by atoms with Crippen molar-refractivity contribution in [2.24, 2.45) is 0 Å². The zero-order chi connectivity index (χ0) is 20.4. The molecule has 1 heterocycles. The van der Waals surface area contributed by atoms with E-state index in [0.717, 1.165) is 12.8 Å². The molecule has 0 radical (unpaired) electrons. The van der Waals surface area contributed by atoms with Gasteiger partial charge >= 0.3 is 6.03 Å². The van der Waals surface area contributed by atoms with Gasteiger partial charge in [0.25, 0.3) is 5.91 Å². The predicted molar refractivity (Wildman–Crippen MR) is 108 cm³/mol. The highest BCUT2D eigenvalue weighted by atomic mass is 19.1. The van der Waals surface area contributed by atoms with E-state index in [1.54, 1.807) is 49.4 Å². The minimum Gasteiger partial charge on any atom is -0.335 e. The van der Waals surface area contributed by atoms with Crippen molar-refractivity contribution in [2.75, 3.05) is 10.6 Å². The summed E-state index contributed by atoms with van der Waals surface area (Å²) in [6.07, 6.45) is 3.45. The lowest BCUT2D eigenvalue weighted by Gasteiger charge is -2.09. The molecular formula is C21H20FN5O2. The van der Waals surface area contributed by atoms with Crippen LogP contribution in [0.25, 0.3) is 5.69 Å². The Hall–Kier alpha value is -3.68. The molecule has 0 bridgehead atoms. The van der Waals surface area contributed by atoms with E-state index in [9.17, 15) is 14.0 Å². The van der Waals surface area contributed by atoms with Crippen LogP contribution in [0.2, 0.25) is 0 Å². The number of carbonyl (C=O) groups excluding carboxylic acids is 2. The summed E-state index contributed by atoms with van der Waals surface area (Å²) in [4.78, 5) is 24.4. The number of amides is 3. The van der Waals surface area contributed by atoms with Gasteiger partial charge in [0, 0.05) is 17.4 Å². The second-order valence-electron chi connectivity index (χ2n) is 6.91. The third kappa shape index (κ3) is 4.26. The summed E-state index contributed by atoms with van der Waals surface area (Å²) in [7, 11) is 0. The summed E-state index contributed by atoms with van der Waals surface area (Å²) in [5, 5.41) is 12.5.